The highest BCUT2D eigenvalue weighted by atomic mass is 35.5. The van der Waals surface area contributed by atoms with Crippen molar-refractivity contribution < 1.29 is 0 Å². The largest absolute Gasteiger partial charge is 0.366 e. The summed E-state index contributed by atoms with van der Waals surface area (Å²) in [4.78, 5) is 4.20. The monoisotopic (exact) mass is 231 g/mol. The van der Waals surface area contributed by atoms with Crippen LogP contribution in [0.1, 0.15) is 27.7 Å². The van der Waals surface area contributed by atoms with E-state index in [4.69, 9.17) is 11.8 Å². The Labute approximate surface area is 95.7 Å². The molecule has 0 spiro atoms. The van der Waals surface area contributed by atoms with Gasteiger partial charge in [0.2, 0.25) is 5.96 Å². The number of hydrogen-bond donors (Lipinski definition) is 3. The molecule has 0 amide bonds. The Morgan fingerprint density at radius 2 is 2.20 bits per heavy atom. The van der Waals surface area contributed by atoms with Gasteiger partial charge in [0.25, 0.3) is 0 Å². The lowest BCUT2D eigenvalue weighted by Gasteiger charge is -2.30. The van der Waals surface area contributed by atoms with Crippen LogP contribution in [0.3, 0.4) is 0 Å². The number of nitrogens with zero attached hydrogens (tertiary/aromatic N) is 2. The molecule has 0 aromatic heterocycles. The van der Waals surface area contributed by atoms with Gasteiger partial charge in [-0.3, -0.25) is 10.4 Å². The maximum atomic E-state index is 5.86. The molecule has 1 rings (SSSR count). The number of aliphatic imine (C=N–C) groups is 1. The van der Waals surface area contributed by atoms with E-state index in [1.807, 2.05) is 6.92 Å². The van der Waals surface area contributed by atoms with Gasteiger partial charge in [-0.2, -0.15) is 4.53 Å². The number of rotatable bonds is 2. The van der Waals surface area contributed by atoms with Crippen LogP contribution in [0, 0.1) is 0 Å². The third-order valence-corrected chi connectivity index (χ3v) is 1.72. The summed E-state index contributed by atoms with van der Waals surface area (Å²) >= 11 is 5.86. The highest BCUT2D eigenvalue weighted by Crippen LogP contribution is 2.06. The van der Waals surface area contributed by atoms with Gasteiger partial charge >= 0.3 is 0 Å². The molecule has 0 aromatic rings. The SMILES string of the molecule is CCN=C1NC(NC(C)(C)C)=CN(Cl)N1. The molecule has 1 aliphatic heterocycles. The molecule has 0 saturated carbocycles. The molecule has 1 aliphatic rings. The van der Waals surface area contributed by atoms with Gasteiger partial charge in [0.15, 0.2) is 0 Å². The van der Waals surface area contributed by atoms with Crippen LogP contribution < -0.4 is 16.1 Å². The molecule has 0 saturated heterocycles. The summed E-state index contributed by atoms with van der Waals surface area (Å²) in [6.07, 6.45) is 1.72. The standard InChI is InChI=1S/C9H18ClN5/c1-5-11-8-12-7(6-15(10)14-8)13-9(2,3)4/h6,13H,5H2,1-4H3,(H2,11,12,14). The summed E-state index contributed by atoms with van der Waals surface area (Å²) in [5, 5.41) is 6.38. The van der Waals surface area contributed by atoms with Gasteiger partial charge < -0.3 is 10.6 Å². The molecule has 5 nitrogen and oxygen atoms in total. The van der Waals surface area contributed by atoms with Crippen LogP contribution in [0.25, 0.3) is 0 Å². The lowest BCUT2D eigenvalue weighted by atomic mass is 10.1. The molecule has 0 radical (unpaired) electrons. The minimum atomic E-state index is -0.0226. The van der Waals surface area contributed by atoms with Gasteiger partial charge in [0.05, 0.1) is 6.20 Å². The lowest BCUT2D eigenvalue weighted by molar-refractivity contribution is 0.430. The molecular formula is C9H18ClN5. The predicted octanol–water partition coefficient (Wildman–Crippen LogP) is 1.11. The quantitative estimate of drug-likeness (QED) is 0.624. The molecule has 1 heterocycles. The second kappa shape index (κ2) is 4.61. The maximum absolute atomic E-state index is 5.86. The molecule has 15 heavy (non-hydrogen) atoms. The smallest absolute Gasteiger partial charge is 0.217 e. The Hall–Kier alpha value is -1.10. The van der Waals surface area contributed by atoms with Crippen LogP contribution >= 0.6 is 11.8 Å². The summed E-state index contributed by atoms with van der Waals surface area (Å²) < 4.78 is 1.35. The van der Waals surface area contributed by atoms with Crippen molar-refractivity contribution in [3.8, 4) is 0 Å². The Kier molecular flexibility index (Phi) is 3.68. The summed E-state index contributed by atoms with van der Waals surface area (Å²) in [6, 6.07) is 0. The van der Waals surface area contributed by atoms with Crippen LogP contribution in [0.15, 0.2) is 17.0 Å². The Morgan fingerprint density at radius 3 is 2.73 bits per heavy atom. The normalized spacial score (nSPS) is 19.4. The zero-order valence-corrected chi connectivity index (χ0v) is 10.3. The zero-order chi connectivity index (χ0) is 11.5. The van der Waals surface area contributed by atoms with Gasteiger partial charge in [-0.15, -0.1) is 0 Å². The predicted molar refractivity (Wildman–Crippen MR) is 62.9 cm³/mol. The van der Waals surface area contributed by atoms with Crippen LogP contribution in [0.2, 0.25) is 0 Å². The molecule has 0 aliphatic carbocycles. The Balaban J connectivity index is 2.69. The van der Waals surface area contributed by atoms with Crippen LogP contribution in [-0.2, 0) is 0 Å². The van der Waals surface area contributed by atoms with Crippen LogP contribution in [0.5, 0.6) is 0 Å². The topological polar surface area (TPSA) is 51.7 Å². The van der Waals surface area contributed by atoms with Gasteiger partial charge in [0, 0.05) is 23.9 Å². The van der Waals surface area contributed by atoms with Crippen molar-refractivity contribution in [2.75, 3.05) is 6.54 Å². The lowest BCUT2D eigenvalue weighted by Crippen LogP contribution is -2.52. The molecule has 0 atom stereocenters. The molecule has 0 aromatic carbocycles. The van der Waals surface area contributed by atoms with Crippen molar-refractivity contribution in [3.63, 3.8) is 0 Å². The van der Waals surface area contributed by atoms with Crippen molar-refractivity contribution in [2.24, 2.45) is 4.99 Å². The molecule has 0 fully saturated rings. The van der Waals surface area contributed by atoms with E-state index in [-0.39, 0.29) is 5.54 Å². The Morgan fingerprint density at radius 1 is 1.53 bits per heavy atom. The molecule has 86 valence electrons. The summed E-state index contributed by atoms with van der Waals surface area (Å²) in [5.41, 5.74) is 2.83. The van der Waals surface area contributed by atoms with Crippen molar-refractivity contribution in [1.82, 2.24) is 20.6 Å². The maximum Gasteiger partial charge on any atom is 0.217 e. The second-order valence-electron chi connectivity index (χ2n) is 4.29. The fourth-order valence-corrected chi connectivity index (χ4v) is 1.31. The molecular weight excluding hydrogens is 214 g/mol. The first-order valence-corrected chi connectivity index (χ1v) is 5.27. The van der Waals surface area contributed by atoms with E-state index in [1.54, 1.807) is 6.20 Å². The third kappa shape index (κ3) is 4.29. The van der Waals surface area contributed by atoms with Gasteiger partial charge in [0.1, 0.15) is 5.82 Å². The first-order valence-electron chi connectivity index (χ1n) is 4.94. The minimum absolute atomic E-state index is 0.0226. The van der Waals surface area contributed by atoms with Crippen LogP contribution in [0.4, 0.5) is 0 Å². The van der Waals surface area contributed by atoms with Crippen molar-refractivity contribution in [1.29, 1.82) is 0 Å². The van der Waals surface area contributed by atoms with E-state index in [1.165, 1.54) is 4.53 Å². The molecule has 6 heteroatoms. The van der Waals surface area contributed by atoms with E-state index < -0.39 is 0 Å². The number of hydrazine groups is 1. The summed E-state index contributed by atoms with van der Waals surface area (Å²) in [6.45, 7) is 8.89. The molecule has 3 N–H and O–H groups in total. The van der Waals surface area contributed by atoms with Gasteiger partial charge in [-0.25, -0.2) is 0 Å². The van der Waals surface area contributed by atoms with E-state index in [0.717, 1.165) is 5.82 Å². The second-order valence-corrected chi connectivity index (χ2v) is 4.65. The number of halogens is 1. The number of hydrogen-bond acceptors (Lipinski definition) is 3. The first-order chi connectivity index (χ1) is 6.90. The average Bonchev–Trinajstić information content (AvgIpc) is 1.99. The summed E-state index contributed by atoms with van der Waals surface area (Å²) in [5.74, 6) is 1.46. The fourth-order valence-electron chi connectivity index (χ4n) is 1.14. The van der Waals surface area contributed by atoms with E-state index in [0.29, 0.717) is 12.5 Å². The summed E-state index contributed by atoms with van der Waals surface area (Å²) in [7, 11) is 0. The third-order valence-electron chi connectivity index (χ3n) is 1.53. The molecule has 0 bridgehead atoms. The number of guanidine groups is 1. The van der Waals surface area contributed by atoms with Crippen molar-refractivity contribution in [3.05, 3.63) is 12.0 Å². The molecule has 0 unspecified atom stereocenters. The minimum Gasteiger partial charge on any atom is -0.366 e. The van der Waals surface area contributed by atoms with Crippen molar-refractivity contribution >= 4 is 17.7 Å². The van der Waals surface area contributed by atoms with Gasteiger partial charge in [-0.05, 0) is 27.7 Å². The van der Waals surface area contributed by atoms with E-state index in [2.05, 4.69) is 41.8 Å². The van der Waals surface area contributed by atoms with Gasteiger partial charge in [-0.1, -0.05) is 0 Å². The number of nitrogens with one attached hydrogen (secondary N) is 3. The van der Waals surface area contributed by atoms with Crippen LogP contribution in [-0.4, -0.2) is 22.6 Å². The highest BCUT2D eigenvalue weighted by molar-refractivity contribution is 6.14. The average molecular weight is 232 g/mol. The zero-order valence-electron chi connectivity index (χ0n) is 9.56. The Bertz CT molecular complexity index is 279. The fraction of sp³-hybridized carbons (Fsp3) is 0.667. The van der Waals surface area contributed by atoms with Crippen molar-refractivity contribution in [2.45, 2.75) is 33.2 Å². The highest BCUT2D eigenvalue weighted by Gasteiger charge is 2.17. The van der Waals surface area contributed by atoms with E-state index in [9.17, 15) is 0 Å². The van der Waals surface area contributed by atoms with E-state index >= 15 is 0 Å². The first kappa shape index (κ1) is 12.0.